The molecule has 24 heavy (non-hydrogen) atoms. The standard InChI is InChI=1S/C17H20FN3O3/c1-2-21-8-12(17(23)24)16(22)11-5-13(18)10(6-14(11)21)15-9(7-19)3-4-20-15/h5-6,8-9,15,20H,2-4,7,19H2,1H3,(H,23,24). The van der Waals surface area contributed by atoms with Crippen LogP contribution in [0.3, 0.4) is 0 Å². The van der Waals surface area contributed by atoms with Gasteiger partial charge >= 0.3 is 5.97 Å². The number of nitrogens with two attached hydrogens (primary N) is 1. The molecule has 128 valence electrons. The highest BCUT2D eigenvalue weighted by molar-refractivity contribution is 5.92. The van der Waals surface area contributed by atoms with E-state index in [1.807, 2.05) is 6.92 Å². The molecule has 0 aliphatic carbocycles. The van der Waals surface area contributed by atoms with Gasteiger partial charge in [-0.1, -0.05) is 0 Å². The molecule has 6 nitrogen and oxygen atoms in total. The van der Waals surface area contributed by atoms with Gasteiger partial charge in [0.2, 0.25) is 5.43 Å². The lowest BCUT2D eigenvalue weighted by atomic mass is 9.93. The summed E-state index contributed by atoms with van der Waals surface area (Å²) in [6.07, 6.45) is 2.19. The zero-order chi connectivity index (χ0) is 17.4. The monoisotopic (exact) mass is 333 g/mol. The number of carbonyl (C=O) groups is 1. The van der Waals surface area contributed by atoms with E-state index in [1.165, 1.54) is 6.20 Å². The number of nitrogens with zero attached hydrogens (tertiary/aromatic N) is 1. The number of nitrogens with one attached hydrogen (secondary N) is 1. The van der Waals surface area contributed by atoms with E-state index in [2.05, 4.69) is 5.32 Å². The number of carboxylic acid groups (broad SMARTS) is 1. The van der Waals surface area contributed by atoms with Gasteiger partial charge in [0.1, 0.15) is 11.4 Å². The van der Waals surface area contributed by atoms with E-state index < -0.39 is 17.2 Å². The molecule has 1 aliphatic heterocycles. The summed E-state index contributed by atoms with van der Waals surface area (Å²) in [7, 11) is 0. The van der Waals surface area contributed by atoms with Crippen LogP contribution in [-0.2, 0) is 6.54 Å². The predicted molar refractivity (Wildman–Crippen MR) is 88.7 cm³/mol. The first-order valence-corrected chi connectivity index (χ1v) is 8.01. The van der Waals surface area contributed by atoms with Gasteiger partial charge < -0.3 is 20.7 Å². The van der Waals surface area contributed by atoms with Crippen molar-refractivity contribution in [1.29, 1.82) is 0 Å². The van der Waals surface area contributed by atoms with Crippen molar-refractivity contribution in [2.75, 3.05) is 13.1 Å². The van der Waals surface area contributed by atoms with Gasteiger partial charge in [0, 0.05) is 29.7 Å². The van der Waals surface area contributed by atoms with Gasteiger partial charge in [0.15, 0.2) is 0 Å². The van der Waals surface area contributed by atoms with Crippen LogP contribution in [-0.4, -0.2) is 28.7 Å². The number of aromatic carboxylic acids is 1. The lowest BCUT2D eigenvalue weighted by Gasteiger charge is -2.20. The first-order valence-electron chi connectivity index (χ1n) is 8.01. The first kappa shape index (κ1) is 16.6. The van der Waals surface area contributed by atoms with Gasteiger partial charge in [-0.25, -0.2) is 9.18 Å². The third-order valence-electron chi connectivity index (χ3n) is 4.76. The summed E-state index contributed by atoms with van der Waals surface area (Å²) in [6.45, 7) is 3.53. The molecule has 2 unspecified atom stereocenters. The first-order chi connectivity index (χ1) is 11.5. The Hall–Kier alpha value is -2.25. The molecule has 0 spiro atoms. The lowest BCUT2D eigenvalue weighted by Crippen LogP contribution is -2.25. The number of halogens is 1. The molecule has 1 saturated heterocycles. The molecule has 1 aromatic carbocycles. The molecular weight excluding hydrogens is 313 g/mol. The average molecular weight is 333 g/mol. The molecule has 1 aliphatic rings. The molecule has 1 aromatic heterocycles. The molecule has 2 aromatic rings. The van der Waals surface area contributed by atoms with Crippen LogP contribution in [0.4, 0.5) is 4.39 Å². The third kappa shape index (κ3) is 2.59. The van der Waals surface area contributed by atoms with Crippen molar-refractivity contribution in [3.63, 3.8) is 0 Å². The van der Waals surface area contributed by atoms with Crippen LogP contribution < -0.4 is 16.5 Å². The van der Waals surface area contributed by atoms with Crippen LogP contribution in [0, 0.1) is 11.7 Å². The van der Waals surface area contributed by atoms with Crippen LogP contribution in [0.5, 0.6) is 0 Å². The summed E-state index contributed by atoms with van der Waals surface area (Å²) in [5.74, 6) is -1.69. The normalized spacial score (nSPS) is 20.6. The molecule has 7 heteroatoms. The minimum absolute atomic E-state index is 0.0836. The fourth-order valence-corrected chi connectivity index (χ4v) is 3.45. The van der Waals surface area contributed by atoms with Gasteiger partial charge in [0.05, 0.1) is 5.52 Å². The largest absolute Gasteiger partial charge is 0.477 e. The second-order valence-corrected chi connectivity index (χ2v) is 6.07. The smallest absolute Gasteiger partial charge is 0.341 e. The number of rotatable bonds is 4. The highest BCUT2D eigenvalue weighted by Crippen LogP contribution is 2.32. The van der Waals surface area contributed by atoms with E-state index in [1.54, 1.807) is 10.6 Å². The Labute approximate surface area is 138 Å². The van der Waals surface area contributed by atoms with Crippen LogP contribution in [0.1, 0.15) is 35.3 Å². The fourth-order valence-electron chi connectivity index (χ4n) is 3.45. The summed E-state index contributed by atoms with van der Waals surface area (Å²) in [5.41, 5.74) is 5.77. The zero-order valence-electron chi connectivity index (χ0n) is 13.4. The number of aryl methyl sites for hydroxylation is 1. The zero-order valence-corrected chi connectivity index (χ0v) is 13.4. The Kier molecular flexibility index (Phi) is 4.38. The fraction of sp³-hybridized carbons (Fsp3) is 0.412. The number of hydrogen-bond acceptors (Lipinski definition) is 4. The van der Waals surface area contributed by atoms with E-state index in [4.69, 9.17) is 5.73 Å². The molecule has 0 radical (unpaired) electrons. The maximum absolute atomic E-state index is 14.7. The van der Waals surface area contributed by atoms with Crippen molar-refractivity contribution in [2.24, 2.45) is 11.7 Å². The van der Waals surface area contributed by atoms with Gasteiger partial charge in [-0.3, -0.25) is 4.79 Å². The van der Waals surface area contributed by atoms with Crippen molar-refractivity contribution in [3.8, 4) is 0 Å². The number of carboxylic acids is 1. The molecule has 3 rings (SSSR count). The Morgan fingerprint density at radius 2 is 2.25 bits per heavy atom. The van der Waals surface area contributed by atoms with E-state index in [0.29, 0.717) is 24.2 Å². The minimum atomic E-state index is -1.31. The Balaban J connectivity index is 2.26. The quantitative estimate of drug-likeness (QED) is 0.787. The topological polar surface area (TPSA) is 97.3 Å². The van der Waals surface area contributed by atoms with E-state index in [0.717, 1.165) is 19.0 Å². The third-order valence-corrected chi connectivity index (χ3v) is 4.76. The van der Waals surface area contributed by atoms with Gasteiger partial charge in [-0.15, -0.1) is 0 Å². The molecule has 0 amide bonds. The molecule has 1 fully saturated rings. The second kappa shape index (κ2) is 6.33. The highest BCUT2D eigenvalue weighted by Gasteiger charge is 2.30. The summed E-state index contributed by atoms with van der Waals surface area (Å²) in [5, 5.41) is 12.5. The van der Waals surface area contributed by atoms with Gasteiger partial charge in [0.25, 0.3) is 0 Å². The lowest BCUT2D eigenvalue weighted by molar-refractivity contribution is 0.0695. The maximum Gasteiger partial charge on any atom is 0.341 e. The van der Waals surface area contributed by atoms with E-state index in [9.17, 15) is 19.1 Å². The van der Waals surface area contributed by atoms with Crippen molar-refractivity contribution >= 4 is 16.9 Å². The van der Waals surface area contributed by atoms with Crippen molar-refractivity contribution in [1.82, 2.24) is 9.88 Å². The van der Waals surface area contributed by atoms with E-state index in [-0.39, 0.29) is 22.9 Å². The number of fused-ring (bicyclic) bond motifs is 1. The van der Waals surface area contributed by atoms with Crippen molar-refractivity contribution < 1.29 is 14.3 Å². The molecular formula is C17H20FN3O3. The Morgan fingerprint density at radius 1 is 1.50 bits per heavy atom. The summed E-state index contributed by atoms with van der Waals surface area (Å²) >= 11 is 0. The predicted octanol–water partition coefficient (Wildman–Crippen LogP) is 1.47. The molecule has 0 saturated carbocycles. The van der Waals surface area contributed by atoms with Crippen LogP contribution >= 0.6 is 0 Å². The molecule has 2 atom stereocenters. The maximum atomic E-state index is 14.7. The molecule has 4 N–H and O–H groups in total. The number of aromatic nitrogens is 1. The molecule has 2 heterocycles. The van der Waals surface area contributed by atoms with Crippen LogP contribution in [0.25, 0.3) is 10.9 Å². The number of hydrogen-bond donors (Lipinski definition) is 3. The summed E-state index contributed by atoms with van der Waals surface area (Å²) in [4.78, 5) is 23.6. The summed E-state index contributed by atoms with van der Waals surface area (Å²) < 4.78 is 16.3. The van der Waals surface area contributed by atoms with E-state index >= 15 is 0 Å². The number of pyridine rings is 1. The SMILES string of the molecule is CCn1cc(C(=O)O)c(=O)c2cc(F)c(C3NCCC3CN)cc21. The Bertz CT molecular complexity index is 862. The van der Waals surface area contributed by atoms with Crippen molar-refractivity contribution in [3.05, 3.63) is 45.5 Å². The average Bonchev–Trinajstić information content (AvgIpc) is 3.03. The summed E-state index contributed by atoms with van der Waals surface area (Å²) in [6, 6.07) is 2.60. The van der Waals surface area contributed by atoms with Gasteiger partial charge in [-0.05, 0) is 44.5 Å². The van der Waals surface area contributed by atoms with Crippen molar-refractivity contribution in [2.45, 2.75) is 25.9 Å². The molecule has 0 bridgehead atoms. The van der Waals surface area contributed by atoms with Crippen LogP contribution in [0.2, 0.25) is 0 Å². The minimum Gasteiger partial charge on any atom is -0.477 e. The van der Waals surface area contributed by atoms with Crippen LogP contribution in [0.15, 0.2) is 23.1 Å². The Morgan fingerprint density at radius 3 is 2.88 bits per heavy atom. The number of benzene rings is 1. The second-order valence-electron chi connectivity index (χ2n) is 6.07. The highest BCUT2D eigenvalue weighted by atomic mass is 19.1. The van der Waals surface area contributed by atoms with Gasteiger partial charge in [-0.2, -0.15) is 0 Å².